The van der Waals surface area contributed by atoms with Gasteiger partial charge in [0.1, 0.15) is 0 Å². The lowest BCUT2D eigenvalue weighted by Crippen LogP contribution is -2.34. The first-order valence-electron chi connectivity index (χ1n) is 6.44. The maximum atomic E-state index is 12.3. The van der Waals surface area contributed by atoms with Crippen molar-refractivity contribution >= 4 is 17.5 Å². The average Bonchev–Trinajstić information content (AvgIpc) is 2.64. The maximum Gasteiger partial charge on any atom is 0.253 e. The molecule has 0 saturated carbocycles. The van der Waals surface area contributed by atoms with Crippen LogP contribution in [0.5, 0.6) is 0 Å². The first-order valence-corrected chi connectivity index (χ1v) is 6.44. The number of amides is 2. The molecule has 0 saturated heterocycles. The van der Waals surface area contributed by atoms with Crippen LogP contribution in [-0.4, -0.2) is 30.3 Å². The first kappa shape index (κ1) is 13.6. The number of fused-ring (bicyclic) bond motifs is 1. The molecule has 1 heterocycles. The summed E-state index contributed by atoms with van der Waals surface area (Å²) in [6.07, 6.45) is 0.404. The minimum atomic E-state index is -0.0149. The molecule has 1 aromatic carbocycles. The molecule has 1 aliphatic rings. The van der Waals surface area contributed by atoms with Crippen LogP contribution < -0.4 is 5.32 Å². The average molecular weight is 260 g/mol. The predicted octanol–water partition coefficient (Wildman–Crippen LogP) is 2.30. The van der Waals surface area contributed by atoms with Gasteiger partial charge in [-0.25, -0.2) is 0 Å². The van der Waals surface area contributed by atoms with E-state index in [1.807, 2.05) is 6.07 Å². The Morgan fingerprint density at radius 1 is 1.37 bits per heavy atom. The van der Waals surface area contributed by atoms with Gasteiger partial charge in [-0.15, -0.1) is 0 Å². The quantitative estimate of drug-likeness (QED) is 0.887. The van der Waals surface area contributed by atoms with Crippen molar-refractivity contribution in [1.29, 1.82) is 0 Å². The minimum absolute atomic E-state index is 0.0114. The fourth-order valence-corrected chi connectivity index (χ4v) is 2.35. The molecule has 1 aliphatic heterocycles. The Morgan fingerprint density at radius 3 is 2.68 bits per heavy atom. The van der Waals surface area contributed by atoms with E-state index in [4.69, 9.17) is 0 Å². The zero-order chi connectivity index (χ0) is 14.2. The number of hydrogen-bond donors (Lipinski definition) is 1. The highest BCUT2D eigenvalue weighted by Gasteiger charge is 2.22. The SMILES string of the molecule is CN(CC(C)(C)C)C(=O)c1ccc2c(c1)NC(=O)C2. The van der Waals surface area contributed by atoms with Gasteiger partial charge < -0.3 is 10.2 Å². The van der Waals surface area contributed by atoms with Crippen LogP contribution in [0.25, 0.3) is 0 Å². The Balaban J connectivity index is 2.17. The summed E-state index contributed by atoms with van der Waals surface area (Å²) in [7, 11) is 1.80. The third-order valence-electron chi connectivity index (χ3n) is 3.04. The lowest BCUT2D eigenvalue weighted by atomic mass is 9.96. The van der Waals surface area contributed by atoms with Gasteiger partial charge in [-0.1, -0.05) is 26.8 Å². The van der Waals surface area contributed by atoms with Gasteiger partial charge in [0.05, 0.1) is 6.42 Å². The topological polar surface area (TPSA) is 49.4 Å². The molecule has 2 rings (SSSR count). The molecule has 0 spiro atoms. The molecular weight excluding hydrogens is 240 g/mol. The Hall–Kier alpha value is -1.84. The van der Waals surface area contributed by atoms with E-state index in [1.54, 1.807) is 24.1 Å². The molecule has 0 aliphatic carbocycles. The normalized spacial score (nSPS) is 14.0. The molecule has 0 unspecified atom stereocenters. The summed E-state index contributed by atoms with van der Waals surface area (Å²) in [6, 6.07) is 5.41. The second kappa shape index (κ2) is 4.68. The van der Waals surface area contributed by atoms with Crippen molar-refractivity contribution in [1.82, 2.24) is 4.90 Å². The van der Waals surface area contributed by atoms with Crippen molar-refractivity contribution in [2.45, 2.75) is 27.2 Å². The smallest absolute Gasteiger partial charge is 0.253 e. The van der Waals surface area contributed by atoms with E-state index in [9.17, 15) is 9.59 Å². The van der Waals surface area contributed by atoms with E-state index < -0.39 is 0 Å². The van der Waals surface area contributed by atoms with Gasteiger partial charge in [0.2, 0.25) is 5.91 Å². The second-order valence-electron chi connectivity index (χ2n) is 6.32. The Labute approximate surface area is 113 Å². The van der Waals surface area contributed by atoms with Gasteiger partial charge in [-0.05, 0) is 23.1 Å². The zero-order valence-corrected chi connectivity index (χ0v) is 11.9. The van der Waals surface area contributed by atoms with Crippen molar-refractivity contribution in [3.63, 3.8) is 0 Å². The molecule has 0 bridgehead atoms. The standard InChI is InChI=1S/C15H20N2O2/c1-15(2,3)9-17(4)14(19)11-6-5-10-8-13(18)16-12(10)7-11/h5-7H,8-9H2,1-4H3,(H,16,18). The van der Waals surface area contributed by atoms with Crippen molar-refractivity contribution in [2.75, 3.05) is 18.9 Å². The van der Waals surface area contributed by atoms with Gasteiger partial charge in [0, 0.05) is 24.8 Å². The molecule has 1 N–H and O–H groups in total. The van der Waals surface area contributed by atoms with Crippen LogP contribution in [0.3, 0.4) is 0 Å². The molecule has 2 amide bonds. The number of rotatable bonds is 2. The lowest BCUT2D eigenvalue weighted by Gasteiger charge is -2.26. The van der Waals surface area contributed by atoms with Gasteiger partial charge in [-0.3, -0.25) is 9.59 Å². The van der Waals surface area contributed by atoms with Gasteiger partial charge >= 0.3 is 0 Å². The number of carbonyl (C=O) groups excluding carboxylic acids is 2. The molecular formula is C15H20N2O2. The summed E-state index contributed by atoms with van der Waals surface area (Å²) in [5.41, 5.74) is 2.41. The molecule has 1 aromatic rings. The lowest BCUT2D eigenvalue weighted by molar-refractivity contribution is -0.115. The van der Waals surface area contributed by atoms with E-state index >= 15 is 0 Å². The number of carbonyl (C=O) groups is 2. The van der Waals surface area contributed by atoms with Crippen molar-refractivity contribution < 1.29 is 9.59 Å². The van der Waals surface area contributed by atoms with Crippen LogP contribution in [0.2, 0.25) is 0 Å². The zero-order valence-electron chi connectivity index (χ0n) is 11.9. The molecule has 0 aromatic heterocycles. The Bertz CT molecular complexity index is 529. The monoisotopic (exact) mass is 260 g/mol. The summed E-state index contributed by atoms with van der Waals surface area (Å²) >= 11 is 0. The van der Waals surface area contributed by atoms with Crippen LogP contribution in [0.4, 0.5) is 5.69 Å². The summed E-state index contributed by atoms with van der Waals surface area (Å²) in [5.74, 6) is -0.0264. The molecule has 19 heavy (non-hydrogen) atoms. The van der Waals surface area contributed by atoms with E-state index in [0.717, 1.165) is 11.3 Å². The predicted molar refractivity (Wildman–Crippen MR) is 75.2 cm³/mol. The highest BCUT2D eigenvalue weighted by Crippen LogP contribution is 2.25. The molecule has 0 fully saturated rings. The third-order valence-corrected chi connectivity index (χ3v) is 3.04. The van der Waals surface area contributed by atoms with Gasteiger partial charge in [-0.2, -0.15) is 0 Å². The van der Waals surface area contributed by atoms with E-state index in [-0.39, 0.29) is 17.2 Å². The largest absolute Gasteiger partial charge is 0.341 e. The van der Waals surface area contributed by atoms with E-state index in [2.05, 4.69) is 26.1 Å². The van der Waals surface area contributed by atoms with Gasteiger partial charge in [0.15, 0.2) is 0 Å². The van der Waals surface area contributed by atoms with Crippen LogP contribution in [0, 0.1) is 5.41 Å². The van der Waals surface area contributed by atoms with Crippen LogP contribution in [0.15, 0.2) is 18.2 Å². The maximum absolute atomic E-state index is 12.3. The van der Waals surface area contributed by atoms with E-state index in [1.165, 1.54) is 0 Å². The highest BCUT2D eigenvalue weighted by molar-refractivity contribution is 6.02. The van der Waals surface area contributed by atoms with Crippen molar-refractivity contribution in [3.8, 4) is 0 Å². The Morgan fingerprint density at radius 2 is 2.05 bits per heavy atom. The number of benzene rings is 1. The number of hydrogen-bond acceptors (Lipinski definition) is 2. The molecule has 0 radical (unpaired) electrons. The fourth-order valence-electron chi connectivity index (χ4n) is 2.35. The second-order valence-corrected chi connectivity index (χ2v) is 6.32. The summed E-state index contributed by atoms with van der Waals surface area (Å²) < 4.78 is 0. The molecule has 0 atom stereocenters. The third kappa shape index (κ3) is 3.13. The van der Waals surface area contributed by atoms with Crippen LogP contribution in [0.1, 0.15) is 36.7 Å². The number of nitrogens with zero attached hydrogens (tertiary/aromatic N) is 1. The molecule has 4 nitrogen and oxygen atoms in total. The van der Waals surface area contributed by atoms with E-state index in [0.29, 0.717) is 18.5 Å². The number of nitrogens with one attached hydrogen (secondary N) is 1. The van der Waals surface area contributed by atoms with Crippen molar-refractivity contribution in [2.24, 2.45) is 5.41 Å². The van der Waals surface area contributed by atoms with Crippen LogP contribution in [-0.2, 0) is 11.2 Å². The Kier molecular flexibility index (Phi) is 3.35. The molecule has 102 valence electrons. The number of anilines is 1. The van der Waals surface area contributed by atoms with Crippen LogP contribution >= 0.6 is 0 Å². The summed E-state index contributed by atoms with van der Waals surface area (Å²) in [5, 5.41) is 2.77. The first-order chi connectivity index (χ1) is 8.76. The van der Waals surface area contributed by atoms with Gasteiger partial charge in [0.25, 0.3) is 5.91 Å². The summed E-state index contributed by atoms with van der Waals surface area (Å²) in [6.45, 7) is 6.98. The van der Waals surface area contributed by atoms with Crippen molar-refractivity contribution in [3.05, 3.63) is 29.3 Å². The summed E-state index contributed by atoms with van der Waals surface area (Å²) in [4.78, 5) is 25.3. The highest BCUT2D eigenvalue weighted by atomic mass is 16.2. The minimum Gasteiger partial charge on any atom is -0.341 e. The fraction of sp³-hybridized carbons (Fsp3) is 0.467. The molecule has 4 heteroatoms.